The molecule has 0 N–H and O–H groups in total. The predicted molar refractivity (Wildman–Crippen MR) is 84.9 cm³/mol. The van der Waals surface area contributed by atoms with Crippen molar-refractivity contribution in [2.75, 3.05) is 0 Å². The Balaban J connectivity index is 1.51. The highest BCUT2D eigenvalue weighted by Crippen LogP contribution is 2.26. The normalized spacial score (nSPS) is 14.6. The maximum absolute atomic E-state index is 5.35. The number of rotatable bonds is 4. The molecule has 0 amide bonds. The largest absolute Gasteiger partial charge is 0.338 e. The zero-order valence-electron chi connectivity index (χ0n) is 13.3. The number of para-hydroxylation sites is 1. The van der Waals surface area contributed by atoms with E-state index >= 15 is 0 Å². The predicted octanol–water partition coefficient (Wildman–Crippen LogP) is 2.89. The first-order chi connectivity index (χ1) is 11.2. The van der Waals surface area contributed by atoms with Crippen molar-refractivity contribution in [1.82, 2.24) is 24.8 Å². The lowest BCUT2D eigenvalue weighted by molar-refractivity contribution is 0.227. The van der Waals surface area contributed by atoms with Crippen LogP contribution in [0.25, 0.3) is 5.69 Å². The van der Waals surface area contributed by atoms with Gasteiger partial charge in [0.1, 0.15) is 0 Å². The zero-order chi connectivity index (χ0) is 15.8. The molecule has 0 saturated heterocycles. The Hall–Kier alpha value is -2.47. The molecular formula is C17H19N5O. The molecular weight excluding hydrogens is 290 g/mol. The molecule has 0 bridgehead atoms. The monoisotopic (exact) mass is 309 g/mol. The summed E-state index contributed by atoms with van der Waals surface area (Å²) in [6.45, 7) is 6.50. The van der Waals surface area contributed by atoms with E-state index in [4.69, 9.17) is 4.52 Å². The third-order valence-corrected chi connectivity index (χ3v) is 4.08. The van der Waals surface area contributed by atoms with E-state index in [2.05, 4.69) is 46.1 Å². The average Bonchev–Trinajstić information content (AvgIpc) is 3.24. The molecule has 23 heavy (non-hydrogen) atoms. The molecule has 3 heterocycles. The van der Waals surface area contributed by atoms with Crippen LogP contribution in [0, 0.1) is 0 Å². The van der Waals surface area contributed by atoms with Gasteiger partial charge in [-0.05, 0) is 12.1 Å². The van der Waals surface area contributed by atoms with Crippen LogP contribution in [0.15, 0.2) is 41.1 Å². The lowest BCUT2D eigenvalue weighted by Gasteiger charge is -2.12. The van der Waals surface area contributed by atoms with Gasteiger partial charge in [-0.3, -0.25) is 4.90 Å². The fraction of sp³-hybridized carbons (Fsp3) is 0.353. The number of benzene rings is 1. The third-order valence-electron chi connectivity index (χ3n) is 4.08. The van der Waals surface area contributed by atoms with Crippen molar-refractivity contribution in [2.45, 2.75) is 39.4 Å². The van der Waals surface area contributed by atoms with Crippen LogP contribution < -0.4 is 0 Å². The summed E-state index contributed by atoms with van der Waals surface area (Å²) in [6, 6.07) is 10.2. The number of hydrogen-bond donors (Lipinski definition) is 0. The molecule has 0 atom stereocenters. The Bertz CT molecular complexity index is 806. The second kappa shape index (κ2) is 5.62. The number of fused-ring (bicyclic) bond motifs is 1. The Kier molecular flexibility index (Phi) is 3.46. The lowest BCUT2D eigenvalue weighted by atomic mass is 10.2. The topological polar surface area (TPSA) is 60.0 Å². The van der Waals surface area contributed by atoms with Crippen LogP contribution in [0.3, 0.4) is 0 Å². The van der Waals surface area contributed by atoms with Crippen LogP contribution in [0.5, 0.6) is 0 Å². The van der Waals surface area contributed by atoms with E-state index in [0.29, 0.717) is 12.4 Å². The Morgan fingerprint density at radius 2 is 2.00 bits per heavy atom. The van der Waals surface area contributed by atoms with Crippen molar-refractivity contribution >= 4 is 0 Å². The van der Waals surface area contributed by atoms with Gasteiger partial charge in [-0.15, -0.1) is 0 Å². The van der Waals surface area contributed by atoms with E-state index in [-0.39, 0.29) is 5.92 Å². The van der Waals surface area contributed by atoms with Crippen LogP contribution in [0.1, 0.15) is 42.7 Å². The highest BCUT2D eigenvalue weighted by molar-refractivity contribution is 5.36. The summed E-state index contributed by atoms with van der Waals surface area (Å²) in [5.74, 6) is 1.74. The molecule has 6 heteroatoms. The van der Waals surface area contributed by atoms with Gasteiger partial charge in [0.05, 0.1) is 24.1 Å². The van der Waals surface area contributed by atoms with Crippen LogP contribution in [0.2, 0.25) is 0 Å². The molecule has 0 spiro atoms. The molecule has 0 radical (unpaired) electrons. The van der Waals surface area contributed by atoms with Crippen molar-refractivity contribution < 1.29 is 4.52 Å². The first-order valence-corrected chi connectivity index (χ1v) is 7.87. The highest BCUT2D eigenvalue weighted by Gasteiger charge is 2.25. The Labute approximate surface area is 134 Å². The fourth-order valence-corrected chi connectivity index (χ4v) is 2.88. The SMILES string of the molecule is CC(C)c1noc(CN2Cc3cnn(-c4ccccc4)c3C2)n1. The summed E-state index contributed by atoms with van der Waals surface area (Å²) >= 11 is 0. The van der Waals surface area contributed by atoms with E-state index in [1.165, 1.54) is 11.3 Å². The zero-order valence-corrected chi connectivity index (χ0v) is 13.3. The van der Waals surface area contributed by atoms with Gasteiger partial charge in [-0.25, -0.2) is 4.68 Å². The lowest BCUT2D eigenvalue weighted by Crippen LogP contribution is -2.17. The minimum atomic E-state index is 0.287. The Morgan fingerprint density at radius 1 is 1.17 bits per heavy atom. The maximum atomic E-state index is 5.35. The van der Waals surface area contributed by atoms with Crippen LogP contribution in [0.4, 0.5) is 0 Å². The van der Waals surface area contributed by atoms with Crippen molar-refractivity contribution in [2.24, 2.45) is 0 Å². The van der Waals surface area contributed by atoms with Crippen LogP contribution in [-0.2, 0) is 19.6 Å². The molecule has 0 saturated carbocycles. The van der Waals surface area contributed by atoms with Crippen molar-refractivity contribution in [3.63, 3.8) is 0 Å². The van der Waals surface area contributed by atoms with Gasteiger partial charge in [-0.2, -0.15) is 10.1 Å². The minimum absolute atomic E-state index is 0.287. The molecule has 3 aromatic rings. The van der Waals surface area contributed by atoms with E-state index < -0.39 is 0 Å². The molecule has 0 fully saturated rings. The third kappa shape index (κ3) is 2.66. The standard InChI is InChI=1S/C17H19N5O/c1-12(2)17-19-16(23-20-17)11-21-9-13-8-18-22(15(13)10-21)14-6-4-3-5-7-14/h3-8,12H,9-11H2,1-2H3. The second-order valence-electron chi connectivity index (χ2n) is 6.21. The number of nitrogens with zero attached hydrogens (tertiary/aromatic N) is 5. The molecule has 1 aliphatic rings. The minimum Gasteiger partial charge on any atom is -0.338 e. The van der Waals surface area contributed by atoms with Gasteiger partial charge in [0.25, 0.3) is 0 Å². The summed E-state index contributed by atoms with van der Waals surface area (Å²) < 4.78 is 7.37. The molecule has 0 unspecified atom stereocenters. The molecule has 1 aromatic carbocycles. The first-order valence-electron chi connectivity index (χ1n) is 7.87. The molecule has 4 rings (SSSR count). The Morgan fingerprint density at radius 3 is 2.74 bits per heavy atom. The fourth-order valence-electron chi connectivity index (χ4n) is 2.88. The summed E-state index contributed by atoms with van der Waals surface area (Å²) in [7, 11) is 0. The van der Waals surface area contributed by atoms with Gasteiger partial charge >= 0.3 is 0 Å². The molecule has 0 aliphatic carbocycles. The molecule has 1 aliphatic heterocycles. The van der Waals surface area contributed by atoms with E-state index in [1.807, 2.05) is 29.1 Å². The van der Waals surface area contributed by atoms with E-state index in [1.54, 1.807) is 0 Å². The average molecular weight is 309 g/mol. The number of hydrogen-bond acceptors (Lipinski definition) is 5. The summed E-state index contributed by atoms with van der Waals surface area (Å²) in [4.78, 5) is 6.75. The second-order valence-corrected chi connectivity index (χ2v) is 6.21. The van der Waals surface area contributed by atoms with Gasteiger partial charge in [-0.1, -0.05) is 37.2 Å². The molecule has 6 nitrogen and oxygen atoms in total. The van der Waals surface area contributed by atoms with Crippen molar-refractivity contribution in [3.05, 3.63) is 59.5 Å². The maximum Gasteiger partial charge on any atom is 0.240 e. The van der Waals surface area contributed by atoms with E-state index in [0.717, 1.165) is 24.6 Å². The first kappa shape index (κ1) is 14.1. The van der Waals surface area contributed by atoms with Crippen molar-refractivity contribution in [1.29, 1.82) is 0 Å². The van der Waals surface area contributed by atoms with Gasteiger partial charge < -0.3 is 4.52 Å². The van der Waals surface area contributed by atoms with Gasteiger partial charge in [0.15, 0.2) is 5.82 Å². The molecule has 118 valence electrons. The van der Waals surface area contributed by atoms with Gasteiger partial charge in [0, 0.05) is 24.6 Å². The van der Waals surface area contributed by atoms with E-state index in [9.17, 15) is 0 Å². The molecule has 2 aromatic heterocycles. The van der Waals surface area contributed by atoms with Crippen LogP contribution in [-0.4, -0.2) is 24.8 Å². The summed E-state index contributed by atoms with van der Waals surface area (Å²) in [5.41, 5.74) is 3.59. The summed E-state index contributed by atoms with van der Waals surface area (Å²) in [6.07, 6.45) is 1.95. The van der Waals surface area contributed by atoms with Crippen LogP contribution >= 0.6 is 0 Å². The smallest absolute Gasteiger partial charge is 0.240 e. The summed E-state index contributed by atoms with van der Waals surface area (Å²) in [5, 5.41) is 8.54. The quantitative estimate of drug-likeness (QED) is 0.741. The highest BCUT2D eigenvalue weighted by atomic mass is 16.5. The number of aromatic nitrogens is 4. The van der Waals surface area contributed by atoms with Gasteiger partial charge in [0.2, 0.25) is 5.89 Å². The van der Waals surface area contributed by atoms with Crippen molar-refractivity contribution in [3.8, 4) is 5.69 Å².